The van der Waals surface area contributed by atoms with E-state index in [1.807, 2.05) is 0 Å². The van der Waals surface area contributed by atoms with Crippen molar-refractivity contribution in [2.75, 3.05) is 5.73 Å². The van der Waals surface area contributed by atoms with Gasteiger partial charge in [-0.3, -0.25) is 14.3 Å². The van der Waals surface area contributed by atoms with Gasteiger partial charge < -0.3 is 5.73 Å². The Balaban J connectivity index is 2.39. The molecule has 0 bridgehead atoms. The Hall–Kier alpha value is -1.63. The minimum absolute atomic E-state index is 0.0680. The molecule has 0 heterocycles. The molecule has 0 aliphatic rings. The van der Waals surface area contributed by atoms with E-state index in [1.165, 1.54) is 18.2 Å². The Morgan fingerprint density at radius 2 is 1.95 bits per heavy atom. The average Bonchev–Trinajstić information content (AvgIpc) is 2.40. The summed E-state index contributed by atoms with van der Waals surface area (Å²) in [5, 5.41) is 11.5. The molecule has 0 radical (unpaired) electrons. The molecule has 0 saturated heterocycles. The van der Waals surface area contributed by atoms with Gasteiger partial charge in [-0.25, -0.2) is 0 Å². The van der Waals surface area contributed by atoms with Crippen molar-refractivity contribution in [3.8, 4) is 0 Å². The number of nitrogens with two attached hydrogens (primary N) is 1. The highest BCUT2D eigenvalue weighted by Crippen LogP contribution is 2.30. The van der Waals surface area contributed by atoms with Crippen molar-refractivity contribution in [1.29, 1.82) is 0 Å². The zero-order valence-electron chi connectivity index (χ0n) is 10.6. The van der Waals surface area contributed by atoms with Crippen molar-refractivity contribution < 1.29 is 9.13 Å². The first-order valence-electron chi connectivity index (χ1n) is 5.75. The van der Waals surface area contributed by atoms with E-state index in [2.05, 4.69) is 0 Å². The van der Waals surface area contributed by atoms with Crippen molar-refractivity contribution in [3.05, 3.63) is 62.1 Å². The summed E-state index contributed by atoms with van der Waals surface area (Å²) in [6.07, 6.45) is 0. The maximum Gasteiger partial charge on any atom is 0.275 e. The van der Waals surface area contributed by atoms with Crippen LogP contribution in [0.1, 0.15) is 5.56 Å². The number of benzene rings is 2. The van der Waals surface area contributed by atoms with Gasteiger partial charge in [-0.2, -0.15) is 0 Å². The van der Waals surface area contributed by atoms with Crippen LogP contribution < -0.4 is 5.73 Å². The first-order chi connectivity index (χ1) is 9.90. The minimum Gasteiger partial charge on any atom is -0.398 e. The second kappa shape index (κ2) is 6.43. The van der Waals surface area contributed by atoms with Gasteiger partial charge in [-0.15, -0.1) is 0 Å². The lowest BCUT2D eigenvalue weighted by molar-refractivity contribution is -0.385. The van der Waals surface area contributed by atoms with Crippen LogP contribution in [-0.2, 0) is 16.6 Å². The summed E-state index contributed by atoms with van der Waals surface area (Å²) >= 11 is 11.7. The predicted molar refractivity (Wildman–Crippen MR) is 84.1 cm³/mol. The van der Waals surface area contributed by atoms with Crippen molar-refractivity contribution >= 4 is 45.4 Å². The van der Waals surface area contributed by atoms with Crippen LogP contribution in [0.25, 0.3) is 0 Å². The summed E-state index contributed by atoms with van der Waals surface area (Å²) in [5.41, 5.74) is 6.18. The molecule has 2 aromatic carbocycles. The molecular formula is C13H10Cl2N2O3S. The number of hydrogen-bond donors (Lipinski definition) is 1. The van der Waals surface area contributed by atoms with Gasteiger partial charge in [0.1, 0.15) is 0 Å². The summed E-state index contributed by atoms with van der Waals surface area (Å²) in [6.45, 7) is 0. The van der Waals surface area contributed by atoms with E-state index in [1.54, 1.807) is 18.2 Å². The number of hydrogen-bond acceptors (Lipinski definition) is 4. The molecule has 0 saturated carbocycles. The maximum atomic E-state index is 12.4. The van der Waals surface area contributed by atoms with Crippen molar-refractivity contribution in [2.45, 2.75) is 10.6 Å². The van der Waals surface area contributed by atoms with Crippen molar-refractivity contribution in [3.63, 3.8) is 0 Å². The second-order valence-electron chi connectivity index (χ2n) is 4.18. The SMILES string of the molecule is Nc1cccc(Cl)c1S(=O)Cc1ccc(Cl)cc1[N+](=O)[O-]. The summed E-state index contributed by atoms with van der Waals surface area (Å²) in [4.78, 5) is 10.7. The van der Waals surface area contributed by atoms with Crippen LogP contribution in [-0.4, -0.2) is 9.13 Å². The summed E-state index contributed by atoms with van der Waals surface area (Å²) in [6, 6.07) is 9.01. The van der Waals surface area contributed by atoms with Crippen molar-refractivity contribution in [1.82, 2.24) is 0 Å². The monoisotopic (exact) mass is 344 g/mol. The quantitative estimate of drug-likeness (QED) is 0.519. The third-order valence-corrected chi connectivity index (χ3v) is 4.90. The molecule has 0 amide bonds. The zero-order valence-corrected chi connectivity index (χ0v) is 12.9. The molecule has 0 aliphatic heterocycles. The van der Waals surface area contributed by atoms with E-state index >= 15 is 0 Å². The van der Waals surface area contributed by atoms with Crippen LogP contribution in [0.5, 0.6) is 0 Å². The molecule has 5 nitrogen and oxygen atoms in total. The van der Waals surface area contributed by atoms with Gasteiger partial charge in [-0.1, -0.05) is 29.3 Å². The molecule has 2 N–H and O–H groups in total. The van der Waals surface area contributed by atoms with E-state index in [0.29, 0.717) is 5.56 Å². The highest BCUT2D eigenvalue weighted by Gasteiger charge is 2.19. The lowest BCUT2D eigenvalue weighted by Gasteiger charge is -2.08. The molecule has 0 spiro atoms. The summed E-state index contributed by atoms with van der Waals surface area (Å²) in [5.74, 6) is -0.0680. The second-order valence-corrected chi connectivity index (χ2v) is 6.41. The number of nitro benzene ring substituents is 1. The lowest BCUT2D eigenvalue weighted by Crippen LogP contribution is -2.04. The molecule has 110 valence electrons. The Morgan fingerprint density at radius 3 is 2.57 bits per heavy atom. The molecule has 2 aromatic rings. The van der Waals surface area contributed by atoms with Crippen LogP contribution in [0, 0.1) is 10.1 Å². The van der Waals surface area contributed by atoms with E-state index in [9.17, 15) is 14.3 Å². The molecule has 0 aliphatic carbocycles. The zero-order chi connectivity index (χ0) is 15.6. The highest BCUT2D eigenvalue weighted by atomic mass is 35.5. The number of nitrogens with zero attached hydrogens (tertiary/aromatic N) is 1. The molecule has 0 aromatic heterocycles. The Bertz CT molecular complexity index is 717. The number of rotatable bonds is 4. The molecule has 1 atom stereocenters. The fourth-order valence-electron chi connectivity index (χ4n) is 1.81. The normalized spacial score (nSPS) is 12.1. The average molecular weight is 345 g/mol. The largest absolute Gasteiger partial charge is 0.398 e. The number of nitrogen functional groups attached to an aromatic ring is 1. The first-order valence-corrected chi connectivity index (χ1v) is 7.83. The van der Waals surface area contributed by atoms with Crippen LogP contribution in [0.4, 0.5) is 11.4 Å². The molecule has 8 heteroatoms. The number of nitro groups is 1. The minimum atomic E-state index is -1.60. The van der Waals surface area contributed by atoms with Crippen LogP contribution in [0.15, 0.2) is 41.3 Å². The van der Waals surface area contributed by atoms with Gasteiger partial charge in [0.05, 0.1) is 31.4 Å². The Morgan fingerprint density at radius 1 is 1.24 bits per heavy atom. The standard InChI is InChI=1S/C13H10Cl2N2O3S/c14-9-5-4-8(12(6-9)17(18)19)7-21(20)13-10(15)2-1-3-11(13)16/h1-6H,7,16H2. The first kappa shape index (κ1) is 15.8. The summed E-state index contributed by atoms with van der Waals surface area (Å²) < 4.78 is 12.4. The van der Waals surface area contributed by atoms with Crippen LogP contribution >= 0.6 is 23.2 Å². The number of anilines is 1. The Kier molecular flexibility index (Phi) is 4.82. The van der Waals surface area contributed by atoms with Crippen molar-refractivity contribution in [2.24, 2.45) is 0 Å². The van der Waals surface area contributed by atoms with E-state index in [4.69, 9.17) is 28.9 Å². The van der Waals surface area contributed by atoms with Gasteiger partial charge >= 0.3 is 0 Å². The molecule has 1 unspecified atom stereocenters. The van der Waals surface area contributed by atoms with Crippen LogP contribution in [0.3, 0.4) is 0 Å². The third-order valence-electron chi connectivity index (χ3n) is 2.76. The van der Waals surface area contributed by atoms with E-state index in [-0.39, 0.29) is 32.1 Å². The smallest absolute Gasteiger partial charge is 0.275 e. The lowest BCUT2D eigenvalue weighted by atomic mass is 10.2. The fraction of sp³-hybridized carbons (Fsp3) is 0.0769. The molecule has 0 fully saturated rings. The number of halogens is 2. The molecular weight excluding hydrogens is 335 g/mol. The van der Waals surface area contributed by atoms with E-state index < -0.39 is 15.7 Å². The molecule has 21 heavy (non-hydrogen) atoms. The van der Waals surface area contributed by atoms with Crippen LogP contribution in [0.2, 0.25) is 10.0 Å². The third kappa shape index (κ3) is 3.53. The Labute approximate surface area is 133 Å². The predicted octanol–water partition coefficient (Wildman–Crippen LogP) is 3.79. The van der Waals surface area contributed by atoms with E-state index in [0.717, 1.165) is 0 Å². The topological polar surface area (TPSA) is 86.2 Å². The highest BCUT2D eigenvalue weighted by molar-refractivity contribution is 7.84. The fourth-order valence-corrected chi connectivity index (χ4v) is 3.70. The van der Waals surface area contributed by atoms with Gasteiger partial charge in [0.25, 0.3) is 5.69 Å². The molecule has 2 rings (SSSR count). The van der Waals surface area contributed by atoms with Gasteiger partial charge in [0.15, 0.2) is 0 Å². The van der Waals surface area contributed by atoms with Gasteiger partial charge in [0.2, 0.25) is 0 Å². The van der Waals surface area contributed by atoms with Gasteiger partial charge in [-0.05, 0) is 24.3 Å². The van der Waals surface area contributed by atoms with Gasteiger partial charge in [0, 0.05) is 22.3 Å². The maximum absolute atomic E-state index is 12.4. The summed E-state index contributed by atoms with van der Waals surface area (Å²) in [7, 11) is -1.60.